The molecule has 0 bridgehead atoms. The van der Waals surface area contributed by atoms with Crippen molar-refractivity contribution in [1.82, 2.24) is 20.1 Å². The third-order valence-corrected chi connectivity index (χ3v) is 5.87. The smallest absolute Gasteiger partial charge is 0.237 e. The molecule has 0 fully saturated rings. The molecule has 9 heteroatoms. The van der Waals surface area contributed by atoms with E-state index in [1.807, 2.05) is 72.8 Å². The van der Waals surface area contributed by atoms with Gasteiger partial charge in [0.1, 0.15) is 5.82 Å². The van der Waals surface area contributed by atoms with Crippen molar-refractivity contribution in [1.29, 1.82) is 0 Å². The van der Waals surface area contributed by atoms with Crippen LogP contribution in [0.4, 0.5) is 11.5 Å². The van der Waals surface area contributed by atoms with E-state index in [1.54, 1.807) is 0 Å². The molecule has 0 saturated heterocycles. The minimum absolute atomic E-state index is 0.222. The zero-order chi connectivity index (χ0) is 22.0. The topological polar surface area (TPSA) is 95.2 Å². The molecular weight excluding hydrogens is 438 g/mol. The van der Waals surface area contributed by atoms with Crippen molar-refractivity contribution in [3.05, 3.63) is 78.7 Å². The van der Waals surface area contributed by atoms with Gasteiger partial charge in [-0.05, 0) is 42.5 Å². The van der Waals surface area contributed by atoms with Gasteiger partial charge in [-0.2, -0.15) is 4.98 Å². The van der Waals surface area contributed by atoms with Crippen LogP contribution in [-0.2, 0) is 5.75 Å². The zero-order valence-corrected chi connectivity index (χ0v) is 18.1. The molecule has 2 aromatic heterocycles. The van der Waals surface area contributed by atoms with Gasteiger partial charge < -0.3 is 19.3 Å². The van der Waals surface area contributed by atoms with E-state index in [4.69, 9.17) is 19.0 Å². The first kappa shape index (κ1) is 19.6. The Hall–Kier alpha value is -4.11. The van der Waals surface area contributed by atoms with Gasteiger partial charge in [0, 0.05) is 16.6 Å². The van der Waals surface area contributed by atoms with Gasteiger partial charge in [0.25, 0.3) is 0 Å². The number of para-hydroxylation sites is 2. The van der Waals surface area contributed by atoms with Crippen molar-refractivity contribution in [2.75, 3.05) is 12.1 Å². The number of fused-ring (bicyclic) bond motifs is 2. The molecule has 5 aromatic rings. The molecule has 0 saturated carbocycles. The van der Waals surface area contributed by atoms with Gasteiger partial charge in [-0.25, -0.2) is 9.97 Å². The lowest BCUT2D eigenvalue weighted by atomic mass is 10.2. The lowest BCUT2D eigenvalue weighted by molar-refractivity contribution is 0.174. The van der Waals surface area contributed by atoms with Gasteiger partial charge in [-0.3, -0.25) is 0 Å². The summed E-state index contributed by atoms with van der Waals surface area (Å²) in [6, 6.07) is 23.4. The van der Waals surface area contributed by atoms with Crippen LogP contribution in [0.15, 0.2) is 82.5 Å². The van der Waals surface area contributed by atoms with Crippen molar-refractivity contribution in [2.45, 2.75) is 10.9 Å². The van der Waals surface area contributed by atoms with Crippen molar-refractivity contribution in [3.8, 4) is 22.9 Å². The standard InChI is InChI=1S/C24H17N5O3S/c1-2-6-16(7-3-1)25-23-17-8-4-5-9-18(17)26-24(28-23)33-13-21-27-22(29-32-21)15-10-11-19-20(12-15)31-14-30-19/h1-12H,13-14H2,(H,25,26,28). The van der Waals surface area contributed by atoms with Crippen LogP contribution >= 0.6 is 11.8 Å². The summed E-state index contributed by atoms with van der Waals surface area (Å²) in [7, 11) is 0. The molecule has 0 unspecified atom stereocenters. The molecular formula is C24H17N5O3S. The number of nitrogens with zero attached hydrogens (tertiary/aromatic N) is 4. The molecule has 1 aliphatic rings. The molecule has 1 aliphatic heterocycles. The number of nitrogens with one attached hydrogen (secondary N) is 1. The summed E-state index contributed by atoms with van der Waals surface area (Å²) in [6.07, 6.45) is 0. The number of benzene rings is 3. The van der Waals surface area contributed by atoms with E-state index < -0.39 is 0 Å². The molecule has 0 spiro atoms. The Balaban J connectivity index is 1.23. The first-order valence-electron chi connectivity index (χ1n) is 10.3. The summed E-state index contributed by atoms with van der Waals surface area (Å²) in [4.78, 5) is 13.9. The van der Waals surface area contributed by atoms with Gasteiger partial charge >= 0.3 is 0 Å². The number of hydrogen-bond acceptors (Lipinski definition) is 9. The van der Waals surface area contributed by atoms with Gasteiger partial charge in [0.2, 0.25) is 18.5 Å². The molecule has 1 N–H and O–H groups in total. The Labute approximate surface area is 193 Å². The van der Waals surface area contributed by atoms with E-state index in [0.717, 1.165) is 28.0 Å². The number of hydrogen-bond donors (Lipinski definition) is 1. The Morgan fingerprint density at radius 2 is 1.70 bits per heavy atom. The summed E-state index contributed by atoms with van der Waals surface area (Å²) < 4.78 is 16.2. The molecule has 3 aromatic carbocycles. The van der Waals surface area contributed by atoms with E-state index in [9.17, 15) is 0 Å². The van der Waals surface area contributed by atoms with Crippen LogP contribution in [0.2, 0.25) is 0 Å². The van der Waals surface area contributed by atoms with Crippen LogP contribution < -0.4 is 14.8 Å². The predicted molar refractivity (Wildman–Crippen MR) is 125 cm³/mol. The molecule has 0 aliphatic carbocycles. The average molecular weight is 455 g/mol. The molecule has 6 rings (SSSR count). The predicted octanol–water partition coefficient (Wildman–Crippen LogP) is 5.44. The fraction of sp³-hybridized carbons (Fsp3) is 0.0833. The molecule has 33 heavy (non-hydrogen) atoms. The minimum Gasteiger partial charge on any atom is -0.454 e. The van der Waals surface area contributed by atoms with Crippen molar-refractivity contribution >= 4 is 34.2 Å². The van der Waals surface area contributed by atoms with Gasteiger partial charge in [-0.1, -0.05) is 47.3 Å². The quantitative estimate of drug-likeness (QED) is 0.265. The maximum absolute atomic E-state index is 5.45. The highest BCUT2D eigenvalue weighted by Crippen LogP contribution is 2.35. The first-order valence-corrected chi connectivity index (χ1v) is 11.2. The summed E-state index contributed by atoms with van der Waals surface area (Å²) >= 11 is 1.44. The lowest BCUT2D eigenvalue weighted by Gasteiger charge is -2.10. The fourth-order valence-electron chi connectivity index (χ4n) is 3.47. The Morgan fingerprint density at radius 3 is 2.64 bits per heavy atom. The number of rotatable bonds is 6. The first-order chi connectivity index (χ1) is 16.3. The second kappa shape index (κ2) is 8.44. The van der Waals surface area contributed by atoms with Crippen LogP contribution in [0.1, 0.15) is 5.89 Å². The van der Waals surface area contributed by atoms with E-state index in [2.05, 4.69) is 20.4 Å². The molecule has 162 valence electrons. The monoisotopic (exact) mass is 455 g/mol. The zero-order valence-electron chi connectivity index (χ0n) is 17.3. The van der Waals surface area contributed by atoms with Crippen molar-refractivity contribution < 1.29 is 14.0 Å². The van der Waals surface area contributed by atoms with E-state index >= 15 is 0 Å². The summed E-state index contributed by atoms with van der Waals surface area (Å²) in [6.45, 7) is 0.222. The van der Waals surface area contributed by atoms with Gasteiger partial charge in [0.15, 0.2) is 16.7 Å². The van der Waals surface area contributed by atoms with E-state index in [-0.39, 0.29) is 6.79 Å². The Morgan fingerprint density at radius 1 is 0.848 bits per heavy atom. The van der Waals surface area contributed by atoms with Crippen LogP contribution in [0.25, 0.3) is 22.3 Å². The highest BCUT2D eigenvalue weighted by Gasteiger charge is 2.17. The van der Waals surface area contributed by atoms with E-state index in [0.29, 0.717) is 34.1 Å². The highest BCUT2D eigenvalue weighted by atomic mass is 32.2. The lowest BCUT2D eigenvalue weighted by Crippen LogP contribution is -1.98. The number of aromatic nitrogens is 4. The number of ether oxygens (including phenoxy) is 2. The summed E-state index contributed by atoms with van der Waals surface area (Å²) in [5.74, 6) is 3.57. The minimum atomic E-state index is 0.222. The van der Waals surface area contributed by atoms with Crippen LogP contribution in [-0.4, -0.2) is 26.9 Å². The Bertz CT molecular complexity index is 1440. The second-order valence-electron chi connectivity index (χ2n) is 7.23. The van der Waals surface area contributed by atoms with Crippen molar-refractivity contribution in [2.24, 2.45) is 0 Å². The van der Waals surface area contributed by atoms with Crippen molar-refractivity contribution in [3.63, 3.8) is 0 Å². The number of thioether (sulfide) groups is 1. The number of anilines is 2. The van der Waals surface area contributed by atoms with Crippen LogP contribution in [0.5, 0.6) is 11.5 Å². The largest absolute Gasteiger partial charge is 0.454 e. The fourth-order valence-corrected chi connectivity index (χ4v) is 4.15. The van der Waals surface area contributed by atoms with Gasteiger partial charge in [-0.15, -0.1) is 0 Å². The Kier molecular flexibility index (Phi) is 5.00. The molecule has 0 radical (unpaired) electrons. The van der Waals surface area contributed by atoms with Crippen LogP contribution in [0.3, 0.4) is 0 Å². The van der Waals surface area contributed by atoms with Gasteiger partial charge in [0.05, 0.1) is 11.3 Å². The third-order valence-electron chi connectivity index (χ3n) is 5.04. The maximum atomic E-state index is 5.45. The highest BCUT2D eigenvalue weighted by molar-refractivity contribution is 7.98. The molecule has 0 atom stereocenters. The second-order valence-corrected chi connectivity index (χ2v) is 8.17. The summed E-state index contributed by atoms with van der Waals surface area (Å²) in [5.41, 5.74) is 2.62. The average Bonchev–Trinajstić information content (AvgIpc) is 3.52. The summed E-state index contributed by atoms with van der Waals surface area (Å²) in [5, 5.41) is 9.06. The SMILES string of the molecule is c1ccc(Nc2nc(SCc3nc(-c4ccc5c(c4)OCO5)no3)nc3ccccc23)cc1. The van der Waals surface area contributed by atoms with E-state index in [1.165, 1.54) is 11.8 Å². The molecule has 8 nitrogen and oxygen atoms in total. The molecule has 0 amide bonds. The van der Waals surface area contributed by atoms with Crippen LogP contribution in [0, 0.1) is 0 Å². The normalized spacial score (nSPS) is 12.2. The third kappa shape index (κ3) is 4.06. The maximum Gasteiger partial charge on any atom is 0.237 e. The molecule has 3 heterocycles.